The summed E-state index contributed by atoms with van der Waals surface area (Å²) in [7, 11) is 1.73. The summed E-state index contributed by atoms with van der Waals surface area (Å²) in [5.74, 6) is 2.37. The van der Waals surface area contributed by atoms with Crippen LogP contribution < -0.4 is 25.4 Å². The van der Waals surface area contributed by atoms with Crippen molar-refractivity contribution >= 4 is 35.8 Å². The number of nitrogens with zero attached hydrogens (tertiary/aromatic N) is 1. The van der Waals surface area contributed by atoms with E-state index in [0.29, 0.717) is 38.2 Å². The average molecular weight is 532 g/mol. The molecule has 0 aromatic heterocycles. The summed E-state index contributed by atoms with van der Waals surface area (Å²) in [4.78, 5) is 16.2. The minimum absolute atomic E-state index is 0. The number of guanidine groups is 1. The third kappa shape index (κ3) is 9.40. The number of carbonyl (C=O) groups is 1. The number of hydrogen-bond acceptors (Lipinski definition) is 4. The number of benzene rings is 1. The van der Waals surface area contributed by atoms with E-state index < -0.39 is 0 Å². The van der Waals surface area contributed by atoms with Gasteiger partial charge in [-0.2, -0.15) is 0 Å². The molecule has 3 N–H and O–H groups in total. The van der Waals surface area contributed by atoms with Crippen LogP contribution in [0.1, 0.15) is 51.5 Å². The van der Waals surface area contributed by atoms with Gasteiger partial charge < -0.3 is 25.4 Å². The Morgan fingerprint density at radius 3 is 2.40 bits per heavy atom. The Hall–Kier alpha value is -1.71. The first kappa shape index (κ1) is 26.3. The molecule has 0 saturated heterocycles. The second kappa shape index (κ2) is 15.1. The predicted molar refractivity (Wildman–Crippen MR) is 132 cm³/mol. The van der Waals surface area contributed by atoms with Crippen LogP contribution in [0.2, 0.25) is 0 Å². The van der Waals surface area contributed by atoms with Crippen LogP contribution in [-0.4, -0.2) is 51.3 Å². The molecule has 1 aliphatic carbocycles. The van der Waals surface area contributed by atoms with Gasteiger partial charge in [-0.15, -0.1) is 24.0 Å². The summed E-state index contributed by atoms with van der Waals surface area (Å²) < 4.78 is 11.3. The zero-order chi connectivity index (χ0) is 20.9. The van der Waals surface area contributed by atoms with E-state index in [4.69, 9.17) is 9.47 Å². The van der Waals surface area contributed by atoms with Crippen molar-refractivity contribution < 1.29 is 14.3 Å². The SMILES string of the molecule is CCOc1ccc(CCNC(=NC)NCCC(=O)NC2CCCC2)cc1OCC.I. The lowest BCUT2D eigenvalue weighted by atomic mass is 10.1. The van der Waals surface area contributed by atoms with Crippen molar-refractivity contribution in [2.24, 2.45) is 4.99 Å². The zero-order valence-corrected chi connectivity index (χ0v) is 20.8. The largest absolute Gasteiger partial charge is 0.490 e. The van der Waals surface area contributed by atoms with E-state index in [9.17, 15) is 4.79 Å². The van der Waals surface area contributed by atoms with Crippen molar-refractivity contribution in [1.29, 1.82) is 0 Å². The lowest BCUT2D eigenvalue weighted by Gasteiger charge is -2.15. The number of rotatable bonds is 11. The zero-order valence-electron chi connectivity index (χ0n) is 18.5. The fraction of sp³-hybridized carbons (Fsp3) is 0.636. The number of aliphatic imine (C=N–C) groups is 1. The molecule has 1 fully saturated rings. The van der Waals surface area contributed by atoms with Gasteiger partial charge in [0.1, 0.15) is 0 Å². The molecule has 0 aliphatic heterocycles. The van der Waals surface area contributed by atoms with Gasteiger partial charge in [-0.3, -0.25) is 9.79 Å². The highest BCUT2D eigenvalue weighted by molar-refractivity contribution is 14.0. The Balaban J connectivity index is 0.00000450. The van der Waals surface area contributed by atoms with Gasteiger partial charge in [0.15, 0.2) is 17.5 Å². The minimum Gasteiger partial charge on any atom is -0.490 e. The van der Waals surface area contributed by atoms with Gasteiger partial charge in [0, 0.05) is 32.6 Å². The maximum atomic E-state index is 12.0. The topological polar surface area (TPSA) is 84.0 Å². The maximum absolute atomic E-state index is 12.0. The molecule has 1 aromatic rings. The van der Waals surface area contributed by atoms with E-state index >= 15 is 0 Å². The molecule has 1 aromatic carbocycles. The van der Waals surface area contributed by atoms with Crippen LogP contribution in [0.5, 0.6) is 11.5 Å². The number of carbonyl (C=O) groups excluding carboxylic acids is 1. The van der Waals surface area contributed by atoms with E-state index in [1.165, 1.54) is 12.8 Å². The summed E-state index contributed by atoms with van der Waals surface area (Å²) in [5.41, 5.74) is 1.16. The highest BCUT2D eigenvalue weighted by atomic mass is 127. The van der Waals surface area contributed by atoms with Crippen LogP contribution in [-0.2, 0) is 11.2 Å². The molecular formula is C22H37IN4O3. The summed E-state index contributed by atoms with van der Waals surface area (Å²) in [6.07, 6.45) is 5.95. The first-order chi connectivity index (χ1) is 14.2. The molecule has 1 aliphatic rings. The monoisotopic (exact) mass is 532 g/mol. The van der Waals surface area contributed by atoms with Crippen LogP contribution in [0.4, 0.5) is 0 Å². The molecule has 30 heavy (non-hydrogen) atoms. The molecule has 170 valence electrons. The van der Waals surface area contributed by atoms with E-state index in [1.807, 2.05) is 26.0 Å². The van der Waals surface area contributed by atoms with Crippen molar-refractivity contribution in [3.05, 3.63) is 23.8 Å². The van der Waals surface area contributed by atoms with Crippen molar-refractivity contribution in [1.82, 2.24) is 16.0 Å². The number of amides is 1. The molecule has 7 nitrogen and oxygen atoms in total. The van der Waals surface area contributed by atoms with Gasteiger partial charge in [0.2, 0.25) is 5.91 Å². The fourth-order valence-corrected chi connectivity index (χ4v) is 3.46. The Morgan fingerprint density at radius 2 is 1.73 bits per heavy atom. The van der Waals surface area contributed by atoms with Crippen molar-refractivity contribution in [2.75, 3.05) is 33.4 Å². The second-order valence-corrected chi connectivity index (χ2v) is 7.12. The van der Waals surface area contributed by atoms with Crippen LogP contribution in [0.3, 0.4) is 0 Å². The molecule has 0 spiro atoms. The second-order valence-electron chi connectivity index (χ2n) is 7.12. The lowest BCUT2D eigenvalue weighted by Crippen LogP contribution is -2.41. The molecule has 8 heteroatoms. The van der Waals surface area contributed by atoms with Crippen LogP contribution in [0.15, 0.2) is 23.2 Å². The molecule has 1 saturated carbocycles. The quantitative estimate of drug-likeness (QED) is 0.232. The van der Waals surface area contributed by atoms with Gasteiger partial charge >= 0.3 is 0 Å². The van der Waals surface area contributed by atoms with Gasteiger partial charge in [0.25, 0.3) is 0 Å². The fourth-order valence-electron chi connectivity index (χ4n) is 3.46. The van der Waals surface area contributed by atoms with E-state index in [-0.39, 0.29) is 29.9 Å². The third-order valence-corrected chi connectivity index (χ3v) is 4.90. The van der Waals surface area contributed by atoms with E-state index in [2.05, 4.69) is 27.0 Å². The van der Waals surface area contributed by atoms with Crippen molar-refractivity contribution in [3.8, 4) is 11.5 Å². The third-order valence-electron chi connectivity index (χ3n) is 4.90. The maximum Gasteiger partial charge on any atom is 0.221 e. The molecule has 2 rings (SSSR count). The molecule has 0 heterocycles. The number of halogens is 1. The van der Waals surface area contributed by atoms with Crippen LogP contribution in [0, 0.1) is 0 Å². The minimum atomic E-state index is 0. The number of nitrogens with one attached hydrogen (secondary N) is 3. The average Bonchev–Trinajstić information content (AvgIpc) is 3.22. The first-order valence-corrected chi connectivity index (χ1v) is 10.8. The van der Waals surface area contributed by atoms with Crippen LogP contribution >= 0.6 is 24.0 Å². The standard InChI is InChI=1S/C22H36N4O3.HI/c1-4-28-19-11-10-17(16-20(19)29-5-2)12-14-24-22(23-3)25-15-13-21(27)26-18-8-6-7-9-18;/h10-11,16,18H,4-9,12-15H2,1-3H3,(H,26,27)(H2,23,24,25);1H. The van der Waals surface area contributed by atoms with Crippen molar-refractivity contribution in [3.63, 3.8) is 0 Å². The van der Waals surface area contributed by atoms with E-state index in [1.54, 1.807) is 7.05 Å². The molecule has 0 radical (unpaired) electrons. The Kier molecular flexibility index (Phi) is 13.3. The normalized spacial score (nSPS) is 14.0. The summed E-state index contributed by atoms with van der Waals surface area (Å²) >= 11 is 0. The van der Waals surface area contributed by atoms with Gasteiger partial charge in [0.05, 0.1) is 13.2 Å². The van der Waals surface area contributed by atoms with Gasteiger partial charge in [-0.1, -0.05) is 18.9 Å². The van der Waals surface area contributed by atoms with Gasteiger partial charge in [-0.05, 0) is 50.8 Å². The molecular weight excluding hydrogens is 495 g/mol. The number of ether oxygens (including phenoxy) is 2. The highest BCUT2D eigenvalue weighted by Crippen LogP contribution is 2.28. The first-order valence-electron chi connectivity index (χ1n) is 10.8. The lowest BCUT2D eigenvalue weighted by molar-refractivity contribution is -0.121. The highest BCUT2D eigenvalue weighted by Gasteiger charge is 2.16. The summed E-state index contributed by atoms with van der Waals surface area (Å²) in [6, 6.07) is 6.41. The Labute approximate surface area is 197 Å². The Morgan fingerprint density at radius 1 is 1.07 bits per heavy atom. The Bertz CT molecular complexity index is 664. The molecule has 1 amide bonds. The predicted octanol–water partition coefficient (Wildman–Crippen LogP) is 3.26. The molecule has 0 bridgehead atoms. The van der Waals surface area contributed by atoms with Crippen molar-refractivity contribution in [2.45, 2.75) is 58.4 Å². The van der Waals surface area contributed by atoms with Crippen LogP contribution in [0.25, 0.3) is 0 Å². The summed E-state index contributed by atoms with van der Waals surface area (Å²) in [5, 5.41) is 9.60. The van der Waals surface area contributed by atoms with Gasteiger partial charge in [-0.25, -0.2) is 0 Å². The summed E-state index contributed by atoms with van der Waals surface area (Å²) in [6.45, 7) is 6.44. The van der Waals surface area contributed by atoms with E-state index in [0.717, 1.165) is 42.9 Å². The number of hydrogen-bond donors (Lipinski definition) is 3. The smallest absolute Gasteiger partial charge is 0.221 e. The molecule has 0 unspecified atom stereocenters. The molecule has 0 atom stereocenters.